The smallest absolute Gasteiger partial charge is 0.417 e. The van der Waals surface area contributed by atoms with E-state index in [0.717, 1.165) is 0 Å². The molecule has 0 saturated heterocycles. The first kappa shape index (κ1) is 25.3. The van der Waals surface area contributed by atoms with Crippen molar-refractivity contribution in [2.75, 3.05) is 34.5 Å². The highest BCUT2D eigenvalue weighted by Crippen LogP contribution is 2.37. The van der Waals surface area contributed by atoms with Gasteiger partial charge in [-0.05, 0) is 24.3 Å². The summed E-state index contributed by atoms with van der Waals surface area (Å²) in [5, 5.41) is -0.346. The van der Waals surface area contributed by atoms with Crippen LogP contribution in [0.2, 0.25) is 5.02 Å². The van der Waals surface area contributed by atoms with Crippen molar-refractivity contribution in [2.24, 2.45) is 0 Å². The average molecular weight is 476 g/mol. The maximum absolute atomic E-state index is 12.9. The van der Waals surface area contributed by atoms with Crippen molar-refractivity contribution >= 4 is 23.6 Å². The van der Waals surface area contributed by atoms with Crippen LogP contribution in [0.4, 0.5) is 13.2 Å². The molecule has 174 valence electrons. The van der Waals surface area contributed by atoms with Crippen molar-refractivity contribution in [2.45, 2.75) is 12.6 Å². The highest BCUT2D eigenvalue weighted by molar-refractivity contribution is 6.31. The summed E-state index contributed by atoms with van der Waals surface area (Å²) >= 11 is 5.95. The summed E-state index contributed by atoms with van der Waals surface area (Å²) < 4.78 is 64.6. The molecule has 0 N–H and O–H groups in total. The lowest BCUT2D eigenvalue weighted by Gasteiger charge is -2.14. The maximum atomic E-state index is 12.9. The van der Waals surface area contributed by atoms with Crippen LogP contribution in [0.15, 0.2) is 36.2 Å². The first-order valence-electron chi connectivity index (χ1n) is 9.20. The Bertz CT molecular complexity index is 965. The fourth-order valence-electron chi connectivity index (χ4n) is 2.41. The maximum Gasteiger partial charge on any atom is 0.417 e. The molecule has 0 bridgehead atoms. The molecule has 1 aromatic heterocycles. The van der Waals surface area contributed by atoms with Crippen LogP contribution >= 0.6 is 11.6 Å². The van der Waals surface area contributed by atoms with Gasteiger partial charge in [0.1, 0.15) is 16.5 Å². The number of nitrogens with zero attached hydrogens (tertiary/aromatic N) is 1. The first-order chi connectivity index (χ1) is 15.2. The van der Waals surface area contributed by atoms with E-state index >= 15 is 0 Å². The predicted molar refractivity (Wildman–Crippen MR) is 110 cm³/mol. The van der Waals surface area contributed by atoms with Gasteiger partial charge in [0.15, 0.2) is 0 Å². The topological polar surface area (TPSA) is 76.1 Å². The van der Waals surface area contributed by atoms with Gasteiger partial charge in [-0.25, -0.2) is 9.78 Å². The van der Waals surface area contributed by atoms with E-state index in [4.69, 9.17) is 30.5 Å². The van der Waals surface area contributed by atoms with E-state index < -0.39 is 17.7 Å². The molecule has 2 aromatic rings. The monoisotopic (exact) mass is 475 g/mol. The molecule has 0 aliphatic heterocycles. The number of ether oxygens (including phenoxy) is 5. The van der Waals surface area contributed by atoms with Crippen molar-refractivity contribution in [3.63, 3.8) is 0 Å². The minimum atomic E-state index is -4.60. The van der Waals surface area contributed by atoms with Gasteiger partial charge in [0.25, 0.3) is 0 Å². The van der Waals surface area contributed by atoms with E-state index in [-0.39, 0.29) is 22.4 Å². The molecule has 0 saturated carbocycles. The second-order valence-corrected chi connectivity index (χ2v) is 6.62. The Labute approximate surface area is 187 Å². The molecule has 2 rings (SSSR count). The molecule has 0 aliphatic rings. The minimum Gasteiger partial charge on any atom is -0.493 e. The van der Waals surface area contributed by atoms with Crippen molar-refractivity contribution in [1.29, 1.82) is 0 Å². The Morgan fingerprint density at radius 2 is 1.88 bits per heavy atom. The van der Waals surface area contributed by atoms with Gasteiger partial charge in [-0.3, -0.25) is 0 Å². The largest absolute Gasteiger partial charge is 0.493 e. The van der Waals surface area contributed by atoms with Crippen LogP contribution in [0, 0.1) is 0 Å². The molecule has 1 heterocycles. The summed E-state index contributed by atoms with van der Waals surface area (Å²) in [6.45, 7) is 0.860. The zero-order chi connectivity index (χ0) is 23.7. The number of methoxy groups -OCH3 is 3. The normalized spacial score (nSPS) is 11.8. The molecular weight excluding hydrogens is 455 g/mol. The minimum absolute atomic E-state index is 0.113. The molecule has 11 heteroatoms. The number of halogens is 4. The van der Waals surface area contributed by atoms with Crippen molar-refractivity contribution in [3.05, 3.63) is 52.4 Å². The zero-order valence-electron chi connectivity index (χ0n) is 17.5. The summed E-state index contributed by atoms with van der Waals surface area (Å²) in [7, 11) is 4.04. The molecule has 32 heavy (non-hydrogen) atoms. The van der Waals surface area contributed by atoms with E-state index in [9.17, 15) is 18.0 Å². The lowest BCUT2D eigenvalue weighted by Crippen LogP contribution is -2.07. The Hall–Kier alpha value is -2.98. The Balaban J connectivity index is 2.41. The lowest BCUT2D eigenvalue weighted by molar-refractivity contribution is -0.139. The summed E-state index contributed by atoms with van der Waals surface area (Å²) in [6.07, 6.45) is -2.02. The van der Waals surface area contributed by atoms with Gasteiger partial charge in [-0.2, -0.15) is 13.2 Å². The highest BCUT2D eigenvalue weighted by Gasteiger charge is 2.32. The fourth-order valence-corrected chi connectivity index (χ4v) is 2.61. The molecule has 0 fully saturated rings. The SMILES string of the molecule is COCCCOc1ccc(C=C(OC)C(=O)OC)c(Oc2ncc(C(F)(F)F)cc2Cl)c1. The molecule has 0 aliphatic carbocycles. The van der Waals surface area contributed by atoms with Crippen LogP contribution in [0.25, 0.3) is 6.08 Å². The number of pyridine rings is 1. The van der Waals surface area contributed by atoms with Crippen LogP contribution in [-0.2, 0) is 25.2 Å². The van der Waals surface area contributed by atoms with Crippen molar-refractivity contribution in [3.8, 4) is 17.4 Å². The molecular formula is C21H21ClF3NO6. The van der Waals surface area contributed by atoms with E-state index in [2.05, 4.69) is 9.72 Å². The Kier molecular flexibility index (Phi) is 9.15. The molecule has 0 radical (unpaired) electrons. The quantitative estimate of drug-likeness (QED) is 0.204. The second-order valence-electron chi connectivity index (χ2n) is 6.21. The van der Waals surface area contributed by atoms with Crippen LogP contribution in [0.1, 0.15) is 17.5 Å². The summed E-state index contributed by atoms with van der Waals surface area (Å²) in [4.78, 5) is 15.5. The van der Waals surface area contributed by atoms with E-state index in [0.29, 0.717) is 43.2 Å². The van der Waals surface area contributed by atoms with Crippen LogP contribution in [0.3, 0.4) is 0 Å². The van der Waals surface area contributed by atoms with Gasteiger partial charge < -0.3 is 23.7 Å². The number of carbonyl (C=O) groups excluding carboxylic acids is 1. The summed E-state index contributed by atoms with van der Waals surface area (Å²) in [5.74, 6) is -0.598. The van der Waals surface area contributed by atoms with E-state index in [1.54, 1.807) is 19.2 Å². The van der Waals surface area contributed by atoms with Crippen molar-refractivity contribution in [1.82, 2.24) is 4.98 Å². The average Bonchev–Trinajstić information content (AvgIpc) is 2.76. The number of aromatic nitrogens is 1. The molecule has 0 spiro atoms. The summed E-state index contributed by atoms with van der Waals surface area (Å²) in [5.41, 5.74) is -0.674. The zero-order valence-corrected chi connectivity index (χ0v) is 18.2. The van der Waals surface area contributed by atoms with Crippen molar-refractivity contribution < 1.29 is 41.7 Å². The Morgan fingerprint density at radius 3 is 2.47 bits per heavy atom. The molecule has 1 aromatic carbocycles. The number of benzene rings is 1. The van der Waals surface area contributed by atoms with Gasteiger partial charge >= 0.3 is 12.1 Å². The molecule has 0 unspecified atom stereocenters. The number of esters is 1. The predicted octanol–water partition coefficient (Wildman–Crippen LogP) is 5.12. The third-order valence-electron chi connectivity index (χ3n) is 3.98. The first-order valence-corrected chi connectivity index (χ1v) is 9.57. The molecule has 0 amide bonds. The summed E-state index contributed by atoms with van der Waals surface area (Å²) in [6, 6.07) is 5.39. The standard InChI is InChI=1S/C21H21ClF3NO6/c1-28-7-4-8-31-15-6-5-13(9-18(29-2)20(27)30-3)17(11-15)32-19-16(22)10-14(12-26-19)21(23,24)25/h5-6,9-12H,4,7-8H2,1-3H3. The second kappa shape index (κ2) is 11.6. The van der Waals surface area contributed by atoms with Gasteiger partial charge in [-0.1, -0.05) is 11.6 Å². The third kappa shape index (κ3) is 7.03. The third-order valence-corrected chi connectivity index (χ3v) is 4.25. The van der Waals surface area contributed by atoms with Crippen LogP contribution in [0.5, 0.6) is 17.4 Å². The van der Waals surface area contributed by atoms with E-state index in [1.807, 2.05) is 0 Å². The van der Waals surface area contributed by atoms with Gasteiger partial charge in [0.05, 0.1) is 26.4 Å². The van der Waals surface area contributed by atoms with Gasteiger partial charge in [0.2, 0.25) is 11.6 Å². The van der Waals surface area contributed by atoms with Gasteiger partial charge in [0, 0.05) is 38.0 Å². The number of carbonyl (C=O) groups is 1. The number of hydrogen-bond donors (Lipinski definition) is 0. The highest BCUT2D eigenvalue weighted by atomic mass is 35.5. The van der Waals surface area contributed by atoms with Crippen LogP contribution < -0.4 is 9.47 Å². The Morgan fingerprint density at radius 1 is 1.12 bits per heavy atom. The number of alkyl halides is 3. The van der Waals surface area contributed by atoms with E-state index in [1.165, 1.54) is 26.4 Å². The molecule has 0 atom stereocenters. The van der Waals surface area contributed by atoms with Gasteiger partial charge in [-0.15, -0.1) is 0 Å². The van der Waals surface area contributed by atoms with Crippen LogP contribution in [-0.4, -0.2) is 45.5 Å². The molecule has 7 nitrogen and oxygen atoms in total. The fraction of sp³-hybridized carbons (Fsp3) is 0.333. The lowest BCUT2D eigenvalue weighted by atomic mass is 10.1. The number of rotatable bonds is 10. The number of hydrogen-bond acceptors (Lipinski definition) is 7.